The van der Waals surface area contributed by atoms with E-state index in [2.05, 4.69) is 65.6 Å². The topological polar surface area (TPSA) is 109 Å². The summed E-state index contributed by atoms with van der Waals surface area (Å²) in [5, 5.41) is 7.13. The molecule has 0 spiro atoms. The Morgan fingerprint density at radius 2 is 1.71 bits per heavy atom. The largest absolute Gasteiger partial charge is 0.450 e. The molecule has 2 atom stereocenters. The number of likely N-dealkylation sites (tertiary alicyclic amines) is 2. The van der Waals surface area contributed by atoms with Crippen LogP contribution in [0.4, 0.5) is 10.6 Å². The van der Waals surface area contributed by atoms with Gasteiger partial charge in [0, 0.05) is 50.9 Å². The summed E-state index contributed by atoms with van der Waals surface area (Å²) in [7, 11) is 1.69. The predicted octanol–water partition coefficient (Wildman–Crippen LogP) is 4.13. The van der Waals surface area contributed by atoms with Crippen LogP contribution in [0.25, 0.3) is 0 Å². The molecule has 0 saturated carbocycles. The Hall–Kier alpha value is -3.24. The van der Waals surface area contributed by atoms with Gasteiger partial charge in [-0.05, 0) is 49.7 Å². The van der Waals surface area contributed by atoms with Crippen LogP contribution in [0.3, 0.4) is 0 Å². The Kier molecular flexibility index (Phi) is 10.2. The maximum absolute atomic E-state index is 13.4. The highest BCUT2D eigenvalue weighted by atomic mass is 16.6. The molecule has 2 aromatic rings. The smallest absolute Gasteiger partial charge is 0.409 e. The monoisotopic (exact) mass is 566 g/mol. The molecule has 4 rings (SSSR count). The molecule has 2 N–H and O–H groups in total. The van der Waals surface area contributed by atoms with E-state index in [0.717, 1.165) is 30.4 Å². The van der Waals surface area contributed by atoms with Crippen molar-refractivity contribution in [1.82, 2.24) is 25.1 Å². The summed E-state index contributed by atoms with van der Waals surface area (Å²) in [4.78, 5) is 38.0. The third-order valence-corrected chi connectivity index (χ3v) is 8.19. The first-order valence-electron chi connectivity index (χ1n) is 14.7. The number of anilines is 1. The van der Waals surface area contributed by atoms with Gasteiger partial charge in [-0.1, -0.05) is 45.0 Å². The van der Waals surface area contributed by atoms with Crippen molar-refractivity contribution in [1.29, 1.82) is 0 Å². The van der Waals surface area contributed by atoms with Crippen LogP contribution in [0.1, 0.15) is 74.1 Å². The predicted molar refractivity (Wildman–Crippen MR) is 159 cm³/mol. The molecule has 2 aliphatic rings. The number of piperidine rings is 2. The van der Waals surface area contributed by atoms with Crippen molar-refractivity contribution in [2.24, 2.45) is 0 Å². The van der Waals surface area contributed by atoms with Gasteiger partial charge >= 0.3 is 6.09 Å². The van der Waals surface area contributed by atoms with E-state index in [0.29, 0.717) is 50.8 Å². The lowest BCUT2D eigenvalue weighted by Gasteiger charge is -2.41. The SMILES string of the molecule is CCOC(=O)N1CCC(NC2CCN(C(=O)c3ncnc(NCc4ccc(C(C)(C)C)cc4)c3C)CC2)C(OC)C1. The average molecular weight is 567 g/mol. The van der Waals surface area contributed by atoms with Crippen LogP contribution in [0.2, 0.25) is 0 Å². The minimum absolute atomic E-state index is 0.0570. The zero-order chi connectivity index (χ0) is 29.6. The van der Waals surface area contributed by atoms with Gasteiger partial charge in [0.25, 0.3) is 5.91 Å². The maximum atomic E-state index is 13.4. The third-order valence-electron chi connectivity index (χ3n) is 8.19. The number of carbonyl (C=O) groups is 2. The fourth-order valence-corrected chi connectivity index (χ4v) is 5.58. The fourth-order valence-electron chi connectivity index (χ4n) is 5.58. The molecule has 0 radical (unpaired) electrons. The maximum Gasteiger partial charge on any atom is 0.409 e. The molecule has 41 heavy (non-hydrogen) atoms. The van der Waals surface area contributed by atoms with Crippen LogP contribution < -0.4 is 10.6 Å². The molecule has 0 aliphatic carbocycles. The van der Waals surface area contributed by atoms with Gasteiger partial charge in [-0.25, -0.2) is 14.8 Å². The molecule has 10 nitrogen and oxygen atoms in total. The lowest BCUT2D eigenvalue weighted by molar-refractivity contribution is -0.00112. The molecule has 224 valence electrons. The van der Waals surface area contributed by atoms with Gasteiger partial charge in [-0.3, -0.25) is 4.79 Å². The van der Waals surface area contributed by atoms with Gasteiger partial charge < -0.3 is 29.9 Å². The number of aromatic nitrogens is 2. The number of nitrogens with one attached hydrogen (secondary N) is 2. The summed E-state index contributed by atoms with van der Waals surface area (Å²) in [5.74, 6) is 0.623. The van der Waals surface area contributed by atoms with Crippen LogP contribution >= 0.6 is 0 Å². The van der Waals surface area contributed by atoms with Gasteiger partial charge in [-0.15, -0.1) is 0 Å². The summed E-state index contributed by atoms with van der Waals surface area (Å²) in [6, 6.07) is 9.03. The number of ether oxygens (including phenoxy) is 2. The van der Waals surface area contributed by atoms with E-state index in [4.69, 9.17) is 9.47 Å². The molecule has 2 fully saturated rings. The van der Waals surface area contributed by atoms with Crippen molar-refractivity contribution in [3.05, 3.63) is 53.0 Å². The van der Waals surface area contributed by atoms with Crippen LogP contribution in [-0.4, -0.2) is 89.9 Å². The van der Waals surface area contributed by atoms with E-state index in [1.165, 1.54) is 11.9 Å². The molecule has 3 heterocycles. The number of nitrogens with zero attached hydrogens (tertiary/aromatic N) is 4. The molecule has 10 heteroatoms. The number of methoxy groups -OCH3 is 1. The molecule has 1 aromatic heterocycles. The first-order valence-corrected chi connectivity index (χ1v) is 14.7. The number of benzene rings is 1. The second kappa shape index (κ2) is 13.6. The molecule has 2 aliphatic heterocycles. The molecular weight excluding hydrogens is 520 g/mol. The van der Waals surface area contributed by atoms with E-state index < -0.39 is 0 Å². The Morgan fingerprint density at radius 3 is 2.34 bits per heavy atom. The molecule has 1 aromatic carbocycles. The summed E-state index contributed by atoms with van der Waals surface area (Å²) in [6.07, 6.45) is 3.58. The van der Waals surface area contributed by atoms with Gasteiger partial charge in [0.15, 0.2) is 0 Å². The van der Waals surface area contributed by atoms with E-state index in [9.17, 15) is 9.59 Å². The second-order valence-corrected chi connectivity index (χ2v) is 12.0. The average Bonchev–Trinajstić information content (AvgIpc) is 2.97. The van der Waals surface area contributed by atoms with Crippen LogP contribution in [0.15, 0.2) is 30.6 Å². The molecular formula is C31H46N6O4. The van der Waals surface area contributed by atoms with Gasteiger partial charge in [0.05, 0.1) is 19.3 Å². The van der Waals surface area contributed by atoms with Gasteiger partial charge in [-0.2, -0.15) is 0 Å². The number of hydrogen-bond donors (Lipinski definition) is 2. The second-order valence-electron chi connectivity index (χ2n) is 12.0. The lowest BCUT2D eigenvalue weighted by atomic mass is 9.87. The van der Waals surface area contributed by atoms with E-state index in [1.807, 2.05) is 18.7 Å². The van der Waals surface area contributed by atoms with Gasteiger partial charge in [0.1, 0.15) is 17.8 Å². The Labute approximate surface area is 244 Å². The third kappa shape index (κ3) is 7.74. The highest BCUT2D eigenvalue weighted by molar-refractivity contribution is 5.94. The standard InChI is InChI=1S/C31H46N6O4/c1-7-41-30(39)37-17-14-25(26(19-37)40-6)35-24-12-15-36(16-13-24)29(38)27-21(2)28(34-20-33-27)32-18-22-8-10-23(11-9-22)31(3,4)5/h8-11,20,24-26,35H,7,12-19H2,1-6H3,(H,32,33,34). The molecule has 2 saturated heterocycles. The number of carbonyl (C=O) groups excluding carboxylic acids is 2. The minimum Gasteiger partial charge on any atom is -0.450 e. The van der Waals surface area contributed by atoms with Crippen LogP contribution in [-0.2, 0) is 21.4 Å². The Morgan fingerprint density at radius 1 is 1.02 bits per heavy atom. The van der Waals surface area contributed by atoms with Crippen molar-refractivity contribution >= 4 is 17.8 Å². The van der Waals surface area contributed by atoms with Gasteiger partial charge in [0.2, 0.25) is 0 Å². The quantitative estimate of drug-likeness (QED) is 0.491. The fraction of sp³-hybridized carbons (Fsp3) is 0.613. The van der Waals surface area contributed by atoms with Crippen LogP contribution in [0, 0.1) is 6.92 Å². The van der Waals surface area contributed by atoms with Crippen LogP contribution in [0.5, 0.6) is 0 Å². The van der Waals surface area contributed by atoms with E-state index in [-0.39, 0.29) is 35.6 Å². The normalized spacial score (nSPS) is 20.1. The highest BCUT2D eigenvalue weighted by Crippen LogP contribution is 2.24. The van der Waals surface area contributed by atoms with Crippen molar-refractivity contribution in [2.75, 3.05) is 45.2 Å². The Balaban J connectivity index is 1.29. The summed E-state index contributed by atoms with van der Waals surface area (Å²) >= 11 is 0. The zero-order valence-electron chi connectivity index (χ0n) is 25.4. The first kappa shape index (κ1) is 30.7. The number of hydrogen-bond acceptors (Lipinski definition) is 8. The lowest BCUT2D eigenvalue weighted by Crippen LogP contribution is -2.58. The Bertz CT molecular complexity index is 1170. The number of amides is 2. The van der Waals surface area contributed by atoms with E-state index in [1.54, 1.807) is 12.0 Å². The zero-order valence-corrected chi connectivity index (χ0v) is 25.4. The first-order chi connectivity index (χ1) is 19.6. The summed E-state index contributed by atoms with van der Waals surface area (Å²) in [6.45, 7) is 13.8. The van der Waals surface area contributed by atoms with Crippen molar-refractivity contribution < 1.29 is 19.1 Å². The number of rotatable bonds is 8. The molecule has 2 unspecified atom stereocenters. The molecule has 2 amide bonds. The van der Waals surface area contributed by atoms with Crippen molar-refractivity contribution in [2.45, 2.75) is 84.0 Å². The highest BCUT2D eigenvalue weighted by Gasteiger charge is 2.35. The summed E-state index contributed by atoms with van der Waals surface area (Å²) in [5.41, 5.74) is 3.78. The van der Waals surface area contributed by atoms with Crippen molar-refractivity contribution in [3.63, 3.8) is 0 Å². The van der Waals surface area contributed by atoms with Crippen molar-refractivity contribution in [3.8, 4) is 0 Å². The summed E-state index contributed by atoms with van der Waals surface area (Å²) < 4.78 is 10.9. The van der Waals surface area contributed by atoms with E-state index >= 15 is 0 Å². The minimum atomic E-state index is -0.284. The molecule has 0 bridgehead atoms.